The summed E-state index contributed by atoms with van der Waals surface area (Å²) in [6.07, 6.45) is 0. The number of carbonyl (C=O) groups is 2. The molecule has 0 fully saturated rings. The van der Waals surface area contributed by atoms with Crippen LogP contribution >= 0.6 is 23.6 Å². The Morgan fingerprint density at radius 2 is 1.86 bits per heavy atom. The molecule has 0 aliphatic carbocycles. The van der Waals surface area contributed by atoms with Crippen molar-refractivity contribution in [1.29, 1.82) is 0 Å². The van der Waals surface area contributed by atoms with Gasteiger partial charge in [-0.05, 0) is 42.0 Å². The number of fused-ring (bicyclic) bond motifs is 1. The van der Waals surface area contributed by atoms with Gasteiger partial charge in [-0.1, -0.05) is 30.3 Å². The van der Waals surface area contributed by atoms with E-state index in [-0.39, 0.29) is 5.91 Å². The minimum Gasteiger partial charge on any atom is -0.497 e. The Balaban J connectivity index is 1.90. The molecule has 3 aromatic rings. The van der Waals surface area contributed by atoms with E-state index in [0.717, 1.165) is 16.1 Å². The summed E-state index contributed by atoms with van der Waals surface area (Å²) in [4.78, 5) is 25.5. The standard InChI is InChI=1S/C21H18N2O4S2/c1-12(24)22-17-16(13-8-10-15(26-2)11-9-13)18-19(27-20(17)25)23(21(28)29-18)14-6-4-3-5-7-14/h3-11,16-17H,1-2H3,(H,22,24)/t16-,17+/m0/s1. The fourth-order valence-electron chi connectivity index (χ4n) is 3.43. The van der Waals surface area contributed by atoms with Crippen LogP contribution in [0, 0.1) is 3.95 Å². The van der Waals surface area contributed by atoms with E-state index in [4.69, 9.17) is 21.7 Å². The van der Waals surface area contributed by atoms with Crippen molar-refractivity contribution in [3.05, 3.63) is 69.0 Å². The smallest absolute Gasteiger partial charge is 0.336 e. The number of aromatic nitrogens is 1. The van der Waals surface area contributed by atoms with E-state index in [0.29, 0.717) is 15.6 Å². The van der Waals surface area contributed by atoms with E-state index in [1.807, 2.05) is 54.6 Å². The zero-order valence-corrected chi connectivity index (χ0v) is 17.4. The molecule has 0 spiro atoms. The maximum atomic E-state index is 12.9. The molecule has 0 unspecified atom stereocenters. The monoisotopic (exact) mass is 426 g/mol. The van der Waals surface area contributed by atoms with Gasteiger partial charge >= 0.3 is 5.97 Å². The molecule has 1 N–H and O–H groups in total. The number of nitrogens with zero attached hydrogens (tertiary/aromatic N) is 1. The number of para-hydroxylation sites is 1. The van der Waals surface area contributed by atoms with Crippen LogP contribution in [0.5, 0.6) is 11.6 Å². The first-order chi connectivity index (χ1) is 14.0. The second-order valence-corrected chi connectivity index (χ2v) is 8.23. The molecule has 4 rings (SSSR count). The molecule has 2 heterocycles. The molecule has 2 atom stereocenters. The number of nitrogens with one attached hydrogen (secondary N) is 1. The van der Waals surface area contributed by atoms with Gasteiger partial charge in [-0.2, -0.15) is 0 Å². The molecule has 1 aromatic heterocycles. The number of rotatable bonds is 4. The summed E-state index contributed by atoms with van der Waals surface area (Å²) in [7, 11) is 1.59. The number of hydrogen-bond acceptors (Lipinski definition) is 6. The van der Waals surface area contributed by atoms with Gasteiger partial charge in [0.25, 0.3) is 0 Å². The fourth-order valence-corrected chi connectivity index (χ4v) is 4.98. The van der Waals surface area contributed by atoms with Crippen molar-refractivity contribution in [2.75, 3.05) is 7.11 Å². The van der Waals surface area contributed by atoms with Crippen molar-refractivity contribution in [3.63, 3.8) is 0 Å². The summed E-state index contributed by atoms with van der Waals surface area (Å²) in [5.74, 6) is -0.139. The molecule has 148 valence electrons. The largest absolute Gasteiger partial charge is 0.497 e. The normalized spacial score (nSPS) is 17.9. The van der Waals surface area contributed by atoms with Crippen molar-refractivity contribution in [2.45, 2.75) is 18.9 Å². The lowest BCUT2D eigenvalue weighted by Crippen LogP contribution is -2.48. The quantitative estimate of drug-likeness (QED) is 0.507. The third kappa shape index (κ3) is 3.56. The number of hydrogen-bond donors (Lipinski definition) is 1. The second-order valence-electron chi connectivity index (χ2n) is 6.56. The van der Waals surface area contributed by atoms with Gasteiger partial charge in [-0.25, -0.2) is 4.79 Å². The third-order valence-corrected chi connectivity index (χ3v) is 6.15. The van der Waals surface area contributed by atoms with E-state index < -0.39 is 17.9 Å². The summed E-state index contributed by atoms with van der Waals surface area (Å²) in [5, 5.41) is 2.74. The molecule has 1 aliphatic rings. The van der Waals surface area contributed by atoms with E-state index in [9.17, 15) is 9.59 Å². The SMILES string of the molecule is COc1ccc([C@@H]2c3sc(=S)n(-c4ccccc4)c3OC(=O)[C@@H]2NC(C)=O)cc1. The first-order valence-corrected chi connectivity index (χ1v) is 10.2. The number of benzene rings is 2. The lowest BCUT2D eigenvalue weighted by atomic mass is 9.88. The minimum absolute atomic E-state index is 0.306. The number of ether oxygens (including phenoxy) is 2. The van der Waals surface area contributed by atoms with E-state index in [1.165, 1.54) is 18.3 Å². The molecule has 8 heteroatoms. The first kappa shape index (κ1) is 19.4. The zero-order chi connectivity index (χ0) is 20.5. The van der Waals surface area contributed by atoms with Crippen LogP contribution in [0.25, 0.3) is 5.69 Å². The second kappa shape index (κ2) is 7.81. The van der Waals surface area contributed by atoms with Gasteiger partial charge in [0.2, 0.25) is 11.8 Å². The molecule has 0 radical (unpaired) electrons. The van der Waals surface area contributed by atoms with Gasteiger partial charge in [0, 0.05) is 6.92 Å². The Morgan fingerprint density at radius 1 is 1.17 bits per heavy atom. The zero-order valence-electron chi connectivity index (χ0n) is 15.7. The molecule has 29 heavy (non-hydrogen) atoms. The molecule has 1 amide bonds. The Morgan fingerprint density at radius 3 is 2.48 bits per heavy atom. The molecular formula is C21H18N2O4S2. The topological polar surface area (TPSA) is 69.6 Å². The minimum atomic E-state index is -0.842. The summed E-state index contributed by atoms with van der Waals surface area (Å²) in [6, 6.07) is 16.1. The Kier molecular flexibility index (Phi) is 5.21. The lowest BCUT2D eigenvalue weighted by Gasteiger charge is -2.30. The molecule has 6 nitrogen and oxygen atoms in total. The van der Waals surface area contributed by atoms with Crippen LogP contribution in [0.2, 0.25) is 0 Å². The molecule has 0 saturated heterocycles. The number of thiazole rings is 1. The van der Waals surface area contributed by atoms with Gasteiger partial charge in [-0.3, -0.25) is 9.36 Å². The molecule has 0 bridgehead atoms. The van der Waals surface area contributed by atoms with Crippen LogP contribution in [0.1, 0.15) is 23.3 Å². The molecule has 2 aromatic carbocycles. The van der Waals surface area contributed by atoms with Crippen molar-refractivity contribution >= 4 is 35.4 Å². The van der Waals surface area contributed by atoms with Gasteiger partial charge in [0.1, 0.15) is 11.8 Å². The summed E-state index contributed by atoms with van der Waals surface area (Å²) in [6.45, 7) is 1.38. The van der Waals surface area contributed by atoms with Gasteiger partial charge in [0.05, 0.1) is 23.6 Å². The van der Waals surface area contributed by atoms with Gasteiger partial charge in [-0.15, -0.1) is 11.3 Å². The maximum absolute atomic E-state index is 12.9. The van der Waals surface area contributed by atoms with Crippen molar-refractivity contribution in [2.24, 2.45) is 0 Å². The first-order valence-electron chi connectivity index (χ1n) is 8.93. The Bertz CT molecular complexity index is 1120. The van der Waals surface area contributed by atoms with Crippen LogP contribution in [0.4, 0.5) is 0 Å². The third-order valence-electron chi connectivity index (χ3n) is 4.71. The number of carbonyl (C=O) groups excluding carboxylic acids is 2. The van der Waals surface area contributed by atoms with Crippen LogP contribution in [0.15, 0.2) is 54.6 Å². The predicted molar refractivity (Wildman–Crippen MR) is 113 cm³/mol. The van der Waals surface area contributed by atoms with E-state index in [1.54, 1.807) is 11.7 Å². The summed E-state index contributed by atoms with van der Waals surface area (Å²) in [5.41, 5.74) is 1.67. The number of esters is 1. The van der Waals surface area contributed by atoms with Gasteiger partial charge < -0.3 is 14.8 Å². The molecule has 1 aliphatic heterocycles. The summed E-state index contributed by atoms with van der Waals surface area (Å²) >= 11 is 6.97. The highest BCUT2D eigenvalue weighted by Gasteiger charge is 2.42. The average molecular weight is 427 g/mol. The van der Waals surface area contributed by atoms with Crippen LogP contribution in [-0.2, 0) is 9.59 Å². The highest BCUT2D eigenvalue weighted by molar-refractivity contribution is 7.73. The van der Waals surface area contributed by atoms with Crippen LogP contribution in [0.3, 0.4) is 0 Å². The van der Waals surface area contributed by atoms with E-state index >= 15 is 0 Å². The maximum Gasteiger partial charge on any atom is 0.336 e. The highest BCUT2D eigenvalue weighted by atomic mass is 32.1. The average Bonchev–Trinajstić information content (AvgIpc) is 3.04. The summed E-state index contributed by atoms with van der Waals surface area (Å²) < 4.78 is 13.2. The van der Waals surface area contributed by atoms with Crippen LogP contribution in [-0.4, -0.2) is 29.6 Å². The van der Waals surface area contributed by atoms with Crippen molar-refractivity contribution < 1.29 is 19.1 Å². The fraction of sp³-hybridized carbons (Fsp3) is 0.190. The Labute approximate surface area is 176 Å². The van der Waals surface area contributed by atoms with Gasteiger partial charge in [0.15, 0.2) is 3.95 Å². The molecule has 0 saturated carbocycles. The Hall–Kier alpha value is -2.97. The van der Waals surface area contributed by atoms with Crippen molar-refractivity contribution in [3.8, 4) is 17.3 Å². The van der Waals surface area contributed by atoms with Crippen molar-refractivity contribution in [1.82, 2.24) is 9.88 Å². The van der Waals surface area contributed by atoms with E-state index in [2.05, 4.69) is 5.32 Å². The number of methoxy groups -OCH3 is 1. The van der Waals surface area contributed by atoms with Crippen LogP contribution < -0.4 is 14.8 Å². The highest BCUT2D eigenvalue weighted by Crippen LogP contribution is 2.44. The number of amides is 1. The predicted octanol–water partition coefficient (Wildman–Crippen LogP) is 3.83. The lowest BCUT2D eigenvalue weighted by molar-refractivity contribution is -0.140. The molecular weight excluding hydrogens is 408 g/mol.